The molecule has 0 heterocycles. The summed E-state index contributed by atoms with van der Waals surface area (Å²) >= 11 is 0. The molecule has 108 valence electrons. The molecule has 5 heteroatoms. The second-order valence-corrected chi connectivity index (χ2v) is 5.26. The predicted molar refractivity (Wildman–Crippen MR) is 76.4 cm³/mol. The topological polar surface area (TPSA) is 78.9 Å². The van der Waals surface area contributed by atoms with Crippen LogP contribution in [0.1, 0.15) is 32.3 Å². The van der Waals surface area contributed by atoms with E-state index in [1.54, 1.807) is 6.07 Å². The molecular formula is C15H20FN3O. The summed E-state index contributed by atoms with van der Waals surface area (Å²) in [6.45, 7) is 4.57. The minimum Gasteiger partial charge on any atom is -0.330 e. The molecule has 0 aliphatic heterocycles. The zero-order valence-corrected chi connectivity index (χ0v) is 11.8. The van der Waals surface area contributed by atoms with E-state index in [4.69, 9.17) is 11.0 Å². The van der Waals surface area contributed by atoms with Crippen molar-refractivity contribution in [1.82, 2.24) is 0 Å². The van der Waals surface area contributed by atoms with Gasteiger partial charge in [-0.25, -0.2) is 4.39 Å². The number of hydrogen-bond acceptors (Lipinski definition) is 3. The van der Waals surface area contributed by atoms with Crippen LogP contribution in [-0.2, 0) is 4.79 Å². The van der Waals surface area contributed by atoms with Gasteiger partial charge in [0, 0.05) is 6.42 Å². The summed E-state index contributed by atoms with van der Waals surface area (Å²) in [6.07, 6.45) is 1.13. The Hall–Kier alpha value is -1.93. The van der Waals surface area contributed by atoms with E-state index in [1.165, 1.54) is 18.2 Å². The molecule has 20 heavy (non-hydrogen) atoms. The lowest BCUT2D eigenvalue weighted by molar-refractivity contribution is -0.117. The smallest absolute Gasteiger partial charge is 0.224 e. The highest BCUT2D eigenvalue weighted by molar-refractivity contribution is 5.92. The van der Waals surface area contributed by atoms with Crippen LogP contribution in [0.15, 0.2) is 18.2 Å². The molecule has 0 radical (unpaired) electrons. The molecule has 0 unspecified atom stereocenters. The van der Waals surface area contributed by atoms with Crippen LogP contribution in [0.5, 0.6) is 0 Å². The van der Waals surface area contributed by atoms with Gasteiger partial charge in [0.1, 0.15) is 17.4 Å². The van der Waals surface area contributed by atoms with Gasteiger partial charge >= 0.3 is 0 Å². The average Bonchev–Trinajstić information content (AvgIpc) is 2.37. The summed E-state index contributed by atoms with van der Waals surface area (Å²) in [4.78, 5) is 11.9. The normalized spacial score (nSPS) is 12.0. The molecule has 0 saturated heterocycles. The van der Waals surface area contributed by atoms with E-state index in [2.05, 4.69) is 19.2 Å². The molecule has 0 fully saturated rings. The van der Waals surface area contributed by atoms with Crippen molar-refractivity contribution >= 4 is 11.6 Å². The monoisotopic (exact) mass is 277 g/mol. The van der Waals surface area contributed by atoms with Crippen molar-refractivity contribution in [2.75, 3.05) is 11.9 Å². The number of halogens is 1. The Morgan fingerprint density at radius 2 is 2.20 bits per heavy atom. The van der Waals surface area contributed by atoms with Gasteiger partial charge in [0.05, 0.1) is 5.69 Å². The molecule has 1 aromatic rings. The van der Waals surface area contributed by atoms with Gasteiger partial charge in [0.15, 0.2) is 0 Å². The van der Waals surface area contributed by atoms with Gasteiger partial charge < -0.3 is 11.1 Å². The highest BCUT2D eigenvalue weighted by Gasteiger charge is 2.16. The van der Waals surface area contributed by atoms with Gasteiger partial charge in [-0.2, -0.15) is 5.26 Å². The maximum atomic E-state index is 13.4. The van der Waals surface area contributed by atoms with Crippen molar-refractivity contribution in [2.24, 2.45) is 17.6 Å². The van der Waals surface area contributed by atoms with Gasteiger partial charge in [-0.15, -0.1) is 0 Å². The fourth-order valence-corrected chi connectivity index (χ4v) is 2.13. The number of nitriles is 1. The maximum Gasteiger partial charge on any atom is 0.224 e. The summed E-state index contributed by atoms with van der Waals surface area (Å²) in [7, 11) is 0. The van der Waals surface area contributed by atoms with E-state index in [0.29, 0.717) is 12.5 Å². The van der Waals surface area contributed by atoms with Crippen molar-refractivity contribution in [3.05, 3.63) is 29.6 Å². The fourth-order valence-electron chi connectivity index (χ4n) is 2.13. The maximum absolute atomic E-state index is 13.4. The summed E-state index contributed by atoms with van der Waals surface area (Å²) in [5.74, 6) is -0.333. The minimum atomic E-state index is -0.636. The molecule has 0 aliphatic rings. The Labute approximate surface area is 118 Å². The number of amides is 1. The number of nitrogens with one attached hydrogen (secondary N) is 1. The minimum absolute atomic E-state index is 0.0918. The van der Waals surface area contributed by atoms with Crippen LogP contribution < -0.4 is 11.1 Å². The van der Waals surface area contributed by atoms with Crippen LogP contribution in [-0.4, -0.2) is 12.5 Å². The zero-order valence-electron chi connectivity index (χ0n) is 11.8. The van der Waals surface area contributed by atoms with Crippen LogP contribution in [0.4, 0.5) is 10.1 Å². The van der Waals surface area contributed by atoms with Gasteiger partial charge in [-0.1, -0.05) is 19.9 Å². The van der Waals surface area contributed by atoms with E-state index in [1.807, 2.05) is 0 Å². The Kier molecular flexibility index (Phi) is 6.13. The fraction of sp³-hybridized carbons (Fsp3) is 0.467. The number of hydrogen-bond donors (Lipinski definition) is 2. The van der Waals surface area contributed by atoms with E-state index >= 15 is 0 Å². The zero-order chi connectivity index (χ0) is 15.1. The molecular weight excluding hydrogens is 257 g/mol. The van der Waals surface area contributed by atoms with Crippen LogP contribution in [0.25, 0.3) is 0 Å². The molecule has 1 atom stereocenters. The van der Waals surface area contributed by atoms with Crippen molar-refractivity contribution < 1.29 is 9.18 Å². The summed E-state index contributed by atoms with van der Waals surface area (Å²) in [6, 6.07) is 5.92. The Morgan fingerprint density at radius 1 is 1.50 bits per heavy atom. The van der Waals surface area contributed by atoms with Crippen LogP contribution in [0.2, 0.25) is 0 Å². The molecule has 0 aromatic heterocycles. The molecule has 1 rings (SSSR count). The quantitative estimate of drug-likeness (QED) is 0.839. The lowest BCUT2D eigenvalue weighted by Crippen LogP contribution is -2.23. The highest BCUT2D eigenvalue weighted by Crippen LogP contribution is 2.20. The van der Waals surface area contributed by atoms with Crippen LogP contribution in [0, 0.1) is 29.0 Å². The lowest BCUT2D eigenvalue weighted by Gasteiger charge is -2.16. The number of carbonyl (C=O) groups excluding carboxylic acids is 1. The number of benzene rings is 1. The molecule has 3 N–H and O–H groups in total. The van der Waals surface area contributed by atoms with Gasteiger partial charge in [0.25, 0.3) is 0 Å². The van der Waals surface area contributed by atoms with Crippen molar-refractivity contribution in [1.29, 1.82) is 5.26 Å². The van der Waals surface area contributed by atoms with Crippen molar-refractivity contribution in [2.45, 2.75) is 26.7 Å². The second-order valence-electron chi connectivity index (χ2n) is 5.26. The number of nitrogens with zero attached hydrogens (tertiary/aromatic N) is 1. The molecule has 0 saturated carbocycles. The van der Waals surface area contributed by atoms with E-state index in [0.717, 1.165) is 6.42 Å². The summed E-state index contributed by atoms with van der Waals surface area (Å²) in [5.41, 5.74) is 5.71. The summed E-state index contributed by atoms with van der Waals surface area (Å²) < 4.78 is 13.4. The largest absolute Gasteiger partial charge is 0.330 e. The third-order valence-electron chi connectivity index (χ3n) is 3.01. The van der Waals surface area contributed by atoms with Gasteiger partial charge in [-0.05, 0) is 36.9 Å². The SMILES string of the molecule is CC(C)C[C@H](CN)CC(=O)Nc1cccc(F)c1C#N. The second kappa shape index (κ2) is 7.61. The molecule has 1 amide bonds. The number of carbonyl (C=O) groups is 1. The number of anilines is 1. The first kappa shape index (κ1) is 16.1. The first-order chi connectivity index (χ1) is 9.47. The molecule has 0 aliphatic carbocycles. The Morgan fingerprint density at radius 3 is 2.75 bits per heavy atom. The third-order valence-corrected chi connectivity index (χ3v) is 3.01. The third kappa shape index (κ3) is 4.63. The first-order valence-corrected chi connectivity index (χ1v) is 6.66. The van der Waals surface area contributed by atoms with Gasteiger partial charge in [0.2, 0.25) is 5.91 Å². The number of rotatable bonds is 6. The number of nitrogens with two attached hydrogens (primary N) is 1. The standard InChI is InChI=1S/C15H20FN3O/c1-10(2)6-11(8-17)7-15(20)19-14-5-3-4-13(16)12(14)9-18/h3-5,10-11H,6-8,17H2,1-2H3,(H,19,20)/t11-/m0/s1. The highest BCUT2D eigenvalue weighted by atomic mass is 19.1. The van der Waals surface area contributed by atoms with Crippen LogP contribution in [0.3, 0.4) is 0 Å². The first-order valence-electron chi connectivity index (χ1n) is 6.66. The Balaban J connectivity index is 2.72. The van der Waals surface area contributed by atoms with Gasteiger partial charge in [-0.3, -0.25) is 4.79 Å². The van der Waals surface area contributed by atoms with Crippen molar-refractivity contribution in [3.8, 4) is 6.07 Å². The summed E-state index contributed by atoms with van der Waals surface area (Å²) in [5, 5.41) is 11.5. The van der Waals surface area contributed by atoms with E-state index in [9.17, 15) is 9.18 Å². The predicted octanol–water partition coefficient (Wildman–Crippen LogP) is 2.65. The average molecular weight is 277 g/mol. The van der Waals surface area contributed by atoms with E-state index < -0.39 is 5.82 Å². The molecule has 4 nitrogen and oxygen atoms in total. The molecule has 0 bridgehead atoms. The lowest BCUT2D eigenvalue weighted by atomic mass is 9.94. The van der Waals surface area contributed by atoms with Crippen LogP contribution >= 0.6 is 0 Å². The molecule has 0 spiro atoms. The Bertz CT molecular complexity index is 508. The van der Waals surface area contributed by atoms with Crippen molar-refractivity contribution in [3.63, 3.8) is 0 Å². The van der Waals surface area contributed by atoms with E-state index in [-0.39, 0.29) is 29.5 Å². The molecule has 1 aromatic carbocycles.